The van der Waals surface area contributed by atoms with Crippen molar-refractivity contribution in [3.8, 4) is 11.5 Å². The zero-order valence-corrected chi connectivity index (χ0v) is 16.1. The number of hydrogen-bond donors (Lipinski definition) is 3. The minimum atomic E-state index is -2.07. The maximum absolute atomic E-state index is 13.0. The summed E-state index contributed by atoms with van der Waals surface area (Å²) in [6.07, 6.45) is 0. The fourth-order valence-corrected chi connectivity index (χ4v) is 2.67. The Morgan fingerprint density at radius 3 is 1.96 bits per heavy atom. The van der Waals surface area contributed by atoms with Gasteiger partial charge in [-0.25, -0.2) is 0 Å². The fraction of sp³-hybridized carbons (Fsp3) is 0.579. The van der Waals surface area contributed by atoms with Gasteiger partial charge in [0.15, 0.2) is 28.7 Å². The Morgan fingerprint density at radius 2 is 1.60 bits per heavy atom. The molecule has 0 bridgehead atoms. The number of aliphatic hydroxyl groups is 1. The summed E-state index contributed by atoms with van der Waals surface area (Å²) in [5.41, 5.74) is 1.99. The number of aromatic hydroxyl groups is 1. The molecule has 0 spiro atoms. The zero-order chi connectivity index (χ0) is 19.8. The van der Waals surface area contributed by atoms with Crippen molar-refractivity contribution in [2.45, 2.75) is 47.1 Å². The molecule has 0 amide bonds. The highest BCUT2D eigenvalue weighted by Gasteiger charge is 2.46. The zero-order valence-electron chi connectivity index (χ0n) is 16.1. The number of carbonyl (C=O) groups excluding carboxylic acids is 2. The third kappa shape index (κ3) is 3.85. The van der Waals surface area contributed by atoms with Crippen LogP contribution in [0.3, 0.4) is 0 Å². The Kier molecular flexibility index (Phi) is 5.72. The van der Waals surface area contributed by atoms with Crippen molar-refractivity contribution in [2.24, 2.45) is 16.6 Å². The van der Waals surface area contributed by atoms with Crippen molar-refractivity contribution in [3.63, 3.8) is 0 Å². The number of benzene rings is 1. The Morgan fingerprint density at radius 1 is 1.08 bits per heavy atom. The average molecular weight is 351 g/mol. The molecule has 0 fully saturated rings. The van der Waals surface area contributed by atoms with Crippen LogP contribution >= 0.6 is 0 Å². The molecule has 0 radical (unpaired) electrons. The van der Waals surface area contributed by atoms with Crippen LogP contribution in [0.25, 0.3) is 0 Å². The van der Waals surface area contributed by atoms with Crippen molar-refractivity contribution in [1.82, 2.24) is 0 Å². The summed E-state index contributed by atoms with van der Waals surface area (Å²) in [6.45, 7) is 9.71. The second-order valence-electron chi connectivity index (χ2n) is 8.26. The molecular weight excluding hydrogens is 322 g/mol. The maximum atomic E-state index is 13.0. The van der Waals surface area contributed by atoms with Gasteiger partial charge in [0.1, 0.15) is 0 Å². The number of phenols is 1. The number of carbonyl (C=O) groups is 2. The van der Waals surface area contributed by atoms with Crippen LogP contribution in [0.4, 0.5) is 0 Å². The van der Waals surface area contributed by atoms with Crippen molar-refractivity contribution < 1.29 is 24.5 Å². The molecule has 0 heterocycles. The number of ether oxygens (including phenoxy) is 1. The Balaban J connectivity index is 3.87. The van der Waals surface area contributed by atoms with Gasteiger partial charge in [-0.05, 0) is 6.07 Å². The van der Waals surface area contributed by atoms with Crippen LogP contribution in [0.1, 0.15) is 57.5 Å². The van der Waals surface area contributed by atoms with E-state index in [1.807, 2.05) is 0 Å². The van der Waals surface area contributed by atoms with E-state index in [2.05, 4.69) is 0 Å². The maximum Gasteiger partial charge on any atom is 0.175 e. The molecular formula is C19H29NO5. The van der Waals surface area contributed by atoms with Crippen molar-refractivity contribution in [1.29, 1.82) is 0 Å². The lowest BCUT2D eigenvalue weighted by Crippen LogP contribution is -2.49. The summed E-state index contributed by atoms with van der Waals surface area (Å²) in [5, 5.41) is 21.2. The first-order chi connectivity index (χ1) is 11.2. The van der Waals surface area contributed by atoms with E-state index in [9.17, 15) is 19.8 Å². The number of phenolic OH excluding ortho intramolecular Hbond substituents is 1. The van der Waals surface area contributed by atoms with Crippen LogP contribution in [-0.4, -0.2) is 35.4 Å². The quantitative estimate of drug-likeness (QED) is 0.703. The van der Waals surface area contributed by atoms with Gasteiger partial charge in [-0.1, -0.05) is 47.6 Å². The van der Waals surface area contributed by atoms with Crippen LogP contribution in [0, 0.1) is 10.8 Å². The molecule has 1 aromatic rings. The summed E-state index contributed by atoms with van der Waals surface area (Å²) in [4.78, 5) is 25.9. The molecule has 0 saturated heterocycles. The van der Waals surface area contributed by atoms with E-state index in [-0.39, 0.29) is 28.4 Å². The van der Waals surface area contributed by atoms with Gasteiger partial charge in [0.05, 0.1) is 12.7 Å². The third-order valence-electron chi connectivity index (χ3n) is 4.05. The van der Waals surface area contributed by atoms with Gasteiger partial charge < -0.3 is 20.7 Å². The molecule has 0 aliphatic heterocycles. The standard InChI is InChI=1S/C19H29NO5/c1-17(2,3)15(22)13-11(8-9-12(21)14(13)25-7)19(24,10-20)16(23)18(4,5)6/h8-9,21,24H,10,20H2,1-7H3. The SMILES string of the molecule is COc1c(O)ccc(C(O)(CN)C(=O)C(C)(C)C)c1C(=O)C(C)(C)C. The van der Waals surface area contributed by atoms with Crippen molar-refractivity contribution >= 4 is 11.6 Å². The lowest BCUT2D eigenvalue weighted by Gasteiger charge is -2.34. The Hall–Kier alpha value is -1.92. The minimum absolute atomic E-state index is 0.0273. The lowest BCUT2D eigenvalue weighted by atomic mass is 9.73. The number of methoxy groups -OCH3 is 1. The van der Waals surface area contributed by atoms with Crippen LogP contribution in [0.15, 0.2) is 12.1 Å². The van der Waals surface area contributed by atoms with Crippen LogP contribution < -0.4 is 10.5 Å². The summed E-state index contributed by atoms with van der Waals surface area (Å²) < 4.78 is 5.20. The normalized spacial score (nSPS) is 14.8. The summed E-state index contributed by atoms with van der Waals surface area (Å²) in [7, 11) is 1.31. The molecule has 4 N–H and O–H groups in total. The second kappa shape index (κ2) is 6.77. The fourth-order valence-electron chi connectivity index (χ4n) is 2.67. The van der Waals surface area contributed by atoms with Gasteiger partial charge in [-0.3, -0.25) is 9.59 Å². The Bertz CT molecular complexity index is 682. The van der Waals surface area contributed by atoms with E-state index in [0.29, 0.717) is 0 Å². The number of Topliss-reactive ketones (excluding diaryl/α,β-unsaturated/α-hetero) is 2. The molecule has 0 aromatic heterocycles. The summed E-state index contributed by atoms with van der Waals surface area (Å²) >= 11 is 0. The topological polar surface area (TPSA) is 110 Å². The molecule has 0 aliphatic carbocycles. The molecule has 6 heteroatoms. The highest BCUT2D eigenvalue weighted by atomic mass is 16.5. The Labute approximate surface area is 149 Å². The first-order valence-corrected chi connectivity index (χ1v) is 8.14. The number of ketones is 2. The van der Waals surface area contributed by atoms with E-state index in [0.717, 1.165) is 0 Å². The molecule has 140 valence electrons. The lowest BCUT2D eigenvalue weighted by molar-refractivity contribution is -0.145. The average Bonchev–Trinajstić information content (AvgIpc) is 2.50. The van der Waals surface area contributed by atoms with E-state index in [1.54, 1.807) is 41.5 Å². The van der Waals surface area contributed by atoms with Crippen LogP contribution in [-0.2, 0) is 10.4 Å². The molecule has 1 rings (SSSR count). The molecule has 0 aliphatic rings. The molecule has 0 saturated carbocycles. The highest BCUT2D eigenvalue weighted by molar-refractivity contribution is 6.06. The monoisotopic (exact) mass is 351 g/mol. The van der Waals surface area contributed by atoms with E-state index < -0.39 is 28.8 Å². The predicted octanol–water partition coefficient (Wildman–Crippen LogP) is 2.39. The molecule has 1 atom stereocenters. The summed E-state index contributed by atoms with van der Waals surface area (Å²) in [5.74, 6) is -1.21. The predicted molar refractivity (Wildman–Crippen MR) is 95.9 cm³/mol. The molecule has 1 unspecified atom stereocenters. The van der Waals surface area contributed by atoms with Crippen molar-refractivity contribution in [2.75, 3.05) is 13.7 Å². The van der Waals surface area contributed by atoms with Crippen molar-refractivity contribution in [3.05, 3.63) is 23.3 Å². The van der Waals surface area contributed by atoms with Gasteiger partial charge in [0, 0.05) is 22.9 Å². The van der Waals surface area contributed by atoms with Gasteiger partial charge in [0.2, 0.25) is 0 Å². The number of nitrogens with two attached hydrogens (primary N) is 1. The largest absolute Gasteiger partial charge is 0.504 e. The van der Waals surface area contributed by atoms with E-state index >= 15 is 0 Å². The van der Waals surface area contributed by atoms with E-state index in [4.69, 9.17) is 10.5 Å². The first-order valence-electron chi connectivity index (χ1n) is 8.14. The van der Waals surface area contributed by atoms with Gasteiger partial charge in [-0.2, -0.15) is 0 Å². The highest BCUT2D eigenvalue weighted by Crippen LogP contribution is 2.42. The molecule has 25 heavy (non-hydrogen) atoms. The van der Waals surface area contributed by atoms with Gasteiger partial charge in [-0.15, -0.1) is 0 Å². The molecule has 6 nitrogen and oxygen atoms in total. The van der Waals surface area contributed by atoms with Gasteiger partial charge >= 0.3 is 0 Å². The van der Waals surface area contributed by atoms with Crippen LogP contribution in [0.2, 0.25) is 0 Å². The summed E-state index contributed by atoms with van der Waals surface area (Å²) in [6, 6.07) is 2.64. The van der Waals surface area contributed by atoms with Gasteiger partial charge in [0.25, 0.3) is 0 Å². The van der Waals surface area contributed by atoms with E-state index in [1.165, 1.54) is 19.2 Å². The third-order valence-corrected chi connectivity index (χ3v) is 4.05. The first kappa shape index (κ1) is 21.1. The smallest absolute Gasteiger partial charge is 0.175 e. The number of rotatable bonds is 5. The minimum Gasteiger partial charge on any atom is -0.504 e. The van der Waals surface area contributed by atoms with Crippen LogP contribution in [0.5, 0.6) is 11.5 Å². The second-order valence-corrected chi connectivity index (χ2v) is 8.26. The molecule has 1 aromatic carbocycles. The number of hydrogen-bond acceptors (Lipinski definition) is 6.